The largest absolute Gasteiger partial charge is 0.414 e. The highest BCUT2D eigenvalue weighted by Crippen LogP contribution is 2.29. The van der Waals surface area contributed by atoms with Gasteiger partial charge in [0.1, 0.15) is 0 Å². The molecular weight excluding hydrogens is 442 g/mol. The SMILES string of the molecule is CN(C)CCNc1ccc(-c2nnc(-c3nc(-c4ccnc(C(C)(C)C#N)c4)cnc3N)o2)cc1. The van der Waals surface area contributed by atoms with Crippen LogP contribution in [0.15, 0.2) is 53.2 Å². The molecule has 35 heavy (non-hydrogen) atoms. The second kappa shape index (κ2) is 9.87. The average Bonchev–Trinajstić information content (AvgIpc) is 3.35. The van der Waals surface area contributed by atoms with Crippen LogP contribution < -0.4 is 11.1 Å². The van der Waals surface area contributed by atoms with Gasteiger partial charge in [0.15, 0.2) is 11.5 Å². The van der Waals surface area contributed by atoms with Crippen LogP contribution in [0.1, 0.15) is 19.5 Å². The Morgan fingerprint density at radius 2 is 1.80 bits per heavy atom. The molecule has 0 aliphatic rings. The van der Waals surface area contributed by atoms with Crippen LogP contribution in [-0.2, 0) is 5.41 Å². The monoisotopic (exact) mass is 469 g/mol. The van der Waals surface area contributed by atoms with Crippen molar-refractivity contribution in [3.8, 4) is 40.4 Å². The van der Waals surface area contributed by atoms with Crippen LogP contribution in [0.4, 0.5) is 11.5 Å². The van der Waals surface area contributed by atoms with Crippen molar-refractivity contribution in [2.45, 2.75) is 19.3 Å². The van der Waals surface area contributed by atoms with Gasteiger partial charge in [-0.3, -0.25) is 4.98 Å². The molecule has 3 N–H and O–H groups in total. The topological polar surface area (TPSA) is 143 Å². The number of nitrogens with two attached hydrogens (primary N) is 1. The van der Waals surface area contributed by atoms with E-state index in [1.54, 1.807) is 18.5 Å². The lowest BCUT2D eigenvalue weighted by molar-refractivity contribution is 0.425. The summed E-state index contributed by atoms with van der Waals surface area (Å²) in [5, 5.41) is 21.1. The van der Waals surface area contributed by atoms with Crippen LogP contribution in [-0.4, -0.2) is 57.2 Å². The molecule has 3 heterocycles. The molecule has 3 aromatic heterocycles. The molecule has 0 amide bonds. The quantitative estimate of drug-likeness (QED) is 0.393. The Labute approximate surface area is 203 Å². The van der Waals surface area contributed by atoms with Gasteiger partial charge in [0.05, 0.1) is 29.1 Å². The minimum atomic E-state index is -0.737. The third-order valence-corrected chi connectivity index (χ3v) is 5.42. The Morgan fingerprint density at radius 3 is 2.51 bits per heavy atom. The molecule has 0 saturated heterocycles. The highest BCUT2D eigenvalue weighted by Gasteiger charge is 2.23. The Kier molecular flexibility index (Phi) is 6.71. The predicted octanol–water partition coefficient (Wildman–Crippen LogP) is 3.61. The minimum Gasteiger partial charge on any atom is -0.414 e. The Hall–Kier alpha value is -4.36. The van der Waals surface area contributed by atoms with E-state index in [2.05, 4.69) is 41.4 Å². The summed E-state index contributed by atoms with van der Waals surface area (Å²) in [6.07, 6.45) is 3.21. The lowest BCUT2D eigenvalue weighted by Gasteiger charge is -2.15. The average molecular weight is 470 g/mol. The molecule has 10 heteroatoms. The van der Waals surface area contributed by atoms with Crippen molar-refractivity contribution in [2.75, 3.05) is 38.2 Å². The number of pyridine rings is 1. The van der Waals surface area contributed by atoms with Crippen LogP contribution in [0.3, 0.4) is 0 Å². The number of hydrogen-bond acceptors (Lipinski definition) is 10. The third-order valence-electron chi connectivity index (χ3n) is 5.42. The first-order valence-electron chi connectivity index (χ1n) is 11.1. The van der Waals surface area contributed by atoms with Gasteiger partial charge in [-0.05, 0) is 64.3 Å². The molecular formula is C25H27N9O. The van der Waals surface area contributed by atoms with Crippen molar-refractivity contribution >= 4 is 11.5 Å². The van der Waals surface area contributed by atoms with Crippen LogP contribution in [0.25, 0.3) is 34.3 Å². The van der Waals surface area contributed by atoms with E-state index in [0.717, 1.165) is 29.9 Å². The Balaban J connectivity index is 1.58. The van der Waals surface area contributed by atoms with Gasteiger partial charge in [0, 0.05) is 36.1 Å². The third kappa shape index (κ3) is 5.42. The Morgan fingerprint density at radius 1 is 1.06 bits per heavy atom. The highest BCUT2D eigenvalue weighted by molar-refractivity contribution is 5.69. The van der Waals surface area contributed by atoms with Gasteiger partial charge in [-0.2, -0.15) is 5.26 Å². The molecule has 0 aliphatic carbocycles. The summed E-state index contributed by atoms with van der Waals surface area (Å²) in [6, 6.07) is 13.6. The van der Waals surface area contributed by atoms with E-state index in [4.69, 9.17) is 10.2 Å². The number of likely N-dealkylation sites (N-methyl/N-ethyl adjacent to an activating group) is 1. The first-order valence-corrected chi connectivity index (χ1v) is 11.1. The van der Waals surface area contributed by atoms with Crippen molar-refractivity contribution in [1.29, 1.82) is 5.26 Å². The van der Waals surface area contributed by atoms with Gasteiger partial charge in [-0.15, -0.1) is 10.2 Å². The van der Waals surface area contributed by atoms with Crippen LogP contribution in [0.5, 0.6) is 0 Å². The number of nitrogen functional groups attached to an aromatic ring is 1. The molecule has 0 unspecified atom stereocenters. The number of benzene rings is 1. The first kappa shape index (κ1) is 23.8. The number of aromatic nitrogens is 5. The van der Waals surface area contributed by atoms with Crippen molar-refractivity contribution < 1.29 is 4.42 Å². The molecule has 0 saturated carbocycles. The van der Waals surface area contributed by atoms with Gasteiger partial charge in [0.2, 0.25) is 5.89 Å². The van der Waals surface area contributed by atoms with Gasteiger partial charge in [-0.1, -0.05) is 0 Å². The fourth-order valence-corrected chi connectivity index (χ4v) is 3.27. The standard InChI is InChI=1S/C25H27N9O/c1-25(2,15-26)20-13-17(9-10-29-20)19-14-30-22(27)21(31-19)24-33-32-23(35-24)16-5-7-18(8-6-16)28-11-12-34(3)4/h5-10,13-14,28H,11-12H2,1-4H3,(H2,27,30). The molecule has 4 aromatic rings. The summed E-state index contributed by atoms with van der Waals surface area (Å²) in [5.74, 6) is 0.705. The molecule has 0 spiro atoms. The van der Waals surface area contributed by atoms with E-state index in [0.29, 0.717) is 23.0 Å². The summed E-state index contributed by atoms with van der Waals surface area (Å²) >= 11 is 0. The smallest absolute Gasteiger partial charge is 0.270 e. The summed E-state index contributed by atoms with van der Waals surface area (Å²) < 4.78 is 5.89. The van der Waals surface area contributed by atoms with E-state index >= 15 is 0 Å². The number of nitrogens with zero attached hydrogens (tertiary/aromatic N) is 7. The van der Waals surface area contributed by atoms with Gasteiger partial charge in [-0.25, -0.2) is 9.97 Å². The van der Waals surface area contributed by atoms with Crippen molar-refractivity contribution in [1.82, 2.24) is 30.0 Å². The molecule has 0 bridgehead atoms. The highest BCUT2D eigenvalue weighted by atomic mass is 16.4. The molecule has 0 aliphatic heterocycles. The predicted molar refractivity (Wildman–Crippen MR) is 134 cm³/mol. The van der Waals surface area contributed by atoms with E-state index < -0.39 is 5.41 Å². The normalized spacial score (nSPS) is 11.4. The molecule has 4 rings (SSSR count). The summed E-state index contributed by atoms with van der Waals surface area (Å²) in [5.41, 5.74) is 9.38. The molecule has 0 fully saturated rings. The zero-order valence-corrected chi connectivity index (χ0v) is 20.1. The molecule has 178 valence electrons. The second-order valence-corrected chi connectivity index (χ2v) is 8.88. The molecule has 10 nitrogen and oxygen atoms in total. The van der Waals surface area contributed by atoms with Crippen molar-refractivity contribution in [3.63, 3.8) is 0 Å². The van der Waals surface area contributed by atoms with Gasteiger partial charge < -0.3 is 20.4 Å². The fourth-order valence-electron chi connectivity index (χ4n) is 3.27. The van der Waals surface area contributed by atoms with E-state index in [-0.39, 0.29) is 11.7 Å². The zero-order chi connectivity index (χ0) is 25.0. The number of hydrogen-bond donors (Lipinski definition) is 2. The van der Waals surface area contributed by atoms with Gasteiger partial charge in [0.25, 0.3) is 5.89 Å². The van der Waals surface area contributed by atoms with Crippen LogP contribution in [0.2, 0.25) is 0 Å². The summed E-state index contributed by atoms with van der Waals surface area (Å²) in [7, 11) is 4.07. The fraction of sp³-hybridized carbons (Fsp3) is 0.280. The maximum absolute atomic E-state index is 9.44. The molecule has 1 aromatic carbocycles. The first-order chi connectivity index (χ1) is 16.8. The number of rotatable bonds is 8. The number of nitrogens with one attached hydrogen (secondary N) is 1. The maximum Gasteiger partial charge on any atom is 0.270 e. The van der Waals surface area contributed by atoms with Crippen LogP contribution >= 0.6 is 0 Å². The van der Waals surface area contributed by atoms with Crippen molar-refractivity contribution in [2.24, 2.45) is 0 Å². The van der Waals surface area contributed by atoms with E-state index in [9.17, 15) is 5.26 Å². The van der Waals surface area contributed by atoms with Crippen molar-refractivity contribution in [3.05, 3.63) is 54.5 Å². The lowest BCUT2D eigenvalue weighted by atomic mass is 9.90. The molecule has 0 atom stereocenters. The second-order valence-electron chi connectivity index (χ2n) is 8.88. The van der Waals surface area contributed by atoms with E-state index in [1.165, 1.54) is 0 Å². The minimum absolute atomic E-state index is 0.173. The Bertz CT molecular complexity index is 1350. The molecule has 0 radical (unpaired) electrons. The summed E-state index contributed by atoms with van der Waals surface area (Å²) in [4.78, 5) is 15.3. The zero-order valence-electron chi connectivity index (χ0n) is 20.1. The maximum atomic E-state index is 9.44. The van der Waals surface area contributed by atoms with Gasteiger partial charge >= 0.3 is 0 Å². The number of nitriles is 1. The van der Waals surface area contributed by atoms with E-state index in [1.807, 2.05) is 58.3 Å². The lowest BCUT2D eigenvalue weighted by Crippen LogP contribution is -2.20. The number of anilines is 2. The van der Waals surface area contributed by atoms with Crippen LogP contribution in [0, 0.1) is 11.3 Å². The summed E-state index contributed by atoms with van der Waals surface area (Å²) in [6.45, 7) is 5.41.